The zero-order valence-electron chi connectivity index (χ0n) is 15.6. The van der Waals surface area contributed by atoms with Crippen molar-refractivity contribution in [2.45, 2.75) is 34.1 Å². The molecule has 0 aromatic heterocycles. The lowest BCUT2D eigenvalue weighted by atomic mass is 9.68. The van der Waals surface area contributed by atoms with E-state index in [0.717, 1.165) is 5.57 Å². The summed E-state index contributed by atoms with van der Waals surface area (Å²) in [5, 5.41) is 0. The molecule has 2 aliphatic carbocycles. The van der Waals surface area contributed by atoms with Gasteiger partial charge < -0.3 is 0 Å². The molecule has 3 aromatic rings. The number of aryl methyl sites for hydroxylation is 1. The average Bonchev–Trinajstić information content (AvgIpc) is 3.15. The highest BCUT2D eigenvalue weighted by molar-refractivity contribution is 5.99. The second-order valence-electron chi connectivity index (χ2n) is 7.27. The van der Waals surface area contributed by atoms with E-state index in [1.54, 1.807) is 0 Å². The minimum Gasteiger partial charge on any atom is -0.115 e. The van der Waals surface area contributed by atoms with Crippen LogP contribution in [-0.2, 0) is 5.41 Å². The summed E-state index contributed by atoms with van der Waals surface area (Å²) in [7, 11) is 0. The Morgan fingerprint density at radius 3 is 2.03 bits per heavy atom. The van der Waals surface area contributed by atoms with Gasteiger partial charge in [-0.25, -0.2) is 0 Å². The summed E-state index contributed by atoms with van der Waals surface area (Å²) in [6, 6.07) is 24.0. The number of fused-ring (bicyclic) bond motifs is 7. The van der Waals surface area contributed by atoms with Gasteiger partial charge in [-0.2, -0.15) is 0 Å². The molecule has 0 saturated carbocycles. The third-order valence-corrected chi connectivity index (χ3v) is 6.01. The number of terminal acetylenes is 1. The lowest BCUT2D eigenvalue weighted by Gasteiger charge is -2.31. The second kappa shape index (κ2) is 7.26. The minimum absolute atomic E-state index is 0. The molecule has 1 spiro atoms. The minimum atomic E-state index is -0.391. The molecule has 0 aliphatic heterocycles. The monoisotopic (exact) mass is 376 g/mol. The first-order valence-corrected chi connectivity index (χ1v) is 9.39. The molecule has 0 radical (unpaired) electrons. The van der Waals surface area contributed by atoms with Crippen LogP contribution < -0.4 is 0 Å². The number of allylic oxidation sites excluding steroid dienone is 4. The van der Waals surface area contributed by atoms with E-state index in [1.807, 2.05) is 0 Å². The van der Waals surface area contributed by atoms with Gasteiger partial charge in [0, 0.05) is 5.57 Å². The highest BCUT2D eigenvalue weighted by atomic mass is 14.5. The number of hydrogen-bond donors (Lipinski definition) is 0. The molecular formula is C29H28. The highest BCUT2D eigenvalue weighted by Gasteiger charge is 2.52. The van der Waals surface area contributed by atoms with Crippen molar-refractivity contribution in [1.29, 1.82) is 0 Å². The summed E-state index contributed by atoms with van der Waals surface area (Å²) < 4.78 is 0. The Balaban J connectivity index is 0.00000120. The molecular weight excluding hydrogens is 348 g/mol. The van der Waals surface area contributed by atoms with Crippen molar-refractivity contribution in [3.63, 3.8) is 0 Å². The zero-order valence-corrected chi connectivity index (χ0v) is 15.6. The van der Waals surface area contributed by atoms with Gasteiger partial charge in [-0.1, -0.05) is 99.7 Å². The molecule has 0 amide bonds. The van der Waals surface area contributed by atoms with E-state index in [-0.39, 0.29) is 14.9 Å². The van der Waals surface area contributed by atoms with Gasteiger partial charge >= 0.3 is 0 Å². The molecule has 1 unspecified atom stereocenters. The topological polar surface area (TPSA) is 0 Å². The Kier molecular flexibility index (Phi) is 5.12. The molecule has 5 rings (SSSR count). The number of rotatable bonds is 1. The van der Waals surface area contributed by atoms with Crippen molar-refractivity contribution in [2.75, 3.05) is 0 Å². The molecule has 0 saturated heterocycles. The number of hydrogen-bond acceptors (Lipinski definition) is 0. The summed E-state index contributed by atoms with van der Waals surface area (Å²) in [5.41, 5.74) is 10.9. The summed E-state index contributed by atoms with van der Waals surface area (Å²) >= 11 is 0. The first-order chi connectivity index (χ1) is 13.2. The van der Waals surface area contributed by atoms with Crippen molar-refractivity contribution in [2.24, 2.45) is 0 Å². The van der Waals surface area contributed by atoms with Gasteiger partial charge in [0.15, 0.2) is 0 Å². The first kappa shape index (κ1) is 20.4. The normalized spacial score (nSPS) is 18.0. The van der Waals surface area contributed by atoms with Crippen molar-refractivity contribution in [1.82, 2.24) is 0 Å². The quantitative estimate of drug-likeness (QED) is 0.384. The molecule has 29 heavy (non-hydrogen) atoms. The van der Waals surface area contributed by atoms with Gasteiger partial charge in [0.25, 0.3) is 0 Å². The van der Waals surface area contributed by atoms with Crippen molar-refractivity contribution < 1.29 is 0 Å². The third kappa shape index (κ3) is 2.34. The summed E-state index contributed by atoms with van der Waals surface area (Å²) in [5.74, 6) is 3.12. The maximum absolute atomic E-state index is 6.21. The fraction of sp³-hybridized carbons (Fsp3) is 0.172. The van der Waals surface area contributed by atoms with Crippen LogP contribution in [0.4, 0.5) is 0 Å². The molecule has 0 nitrogen and oxygen atoms in total. The fourth-order valence-electron chi connectivity index (χ4n) is 5.15. The molecule has 0 heteroatoms. The predicted molar refractivity (Wildman–Crippen MR) is 127 cm³/mol. The van der Waals surface area contributed by atoms with E-state index in [2.05, 4.69) is 98.6 Å². The highest BCUT2D eigenvalue weighted by Crippen LogP contribution is 2.62. The Morgan fingerprint density at radius 2 is 1.38 bits per heavy atom. The Hall–Kier alpha value is -3.30. The Morgan fingerprint density at radius 1 is 0.793 bits per heavy atom. The molecule has 3 aromatic carbocycles. The van der Waals surface area contributed by atoms with E-state index >= 15 is 0 Å². The molecule has 0 N–H and O–H groups in total. The molecule has 0 fully saturated rings. The summed E-state index contributed by atoms with van der Waals surface area (Å²) in [6.07, 6.45) is 10.5. The van der Waals surface area contributed by atoms with Crippen LogP contribution in [0.1, 0.15) is 49.6 Å². The van der Waals surface area contributed by atoms with E-state index in [9.17, 15) is 0 Å². The lowest BCUT2D eigenvalue weighted by Crippen LogP contribution is -2.27. The van der Waals surface area contributed by atoms with Crippen LogP contribution in [0, 0.1) is 19.3 Å². The summed E-state index contributed by atoms with van der Waals surface area (Å²) in [6.45, 7) is 4.26. The average molecular weight is 377 g/mol. The van der Waals surface area contributed by atoms with E-state index in [4.69, 9.17) is 6.42 Å². The van der Waals surface area contributed by atoms with Crippen LogP contribution in [0.3, 0.4) is 0 Å². The van der Waals surface area contributed by atoms with Crippen LogP contribution in [-0.4, -0.2) is 0 Å². The maximum atomic E-state index is 6.21. The largest absolute Gasteiger partial charge is 0.115 e. The van der Waals surface area contributed by atoms with Crippen molar-refractivity contribution >= 4 is 5.57 Å². The van der Waals surface area contributed by atoms with Gasteiger partial charge in [-0.3, -0.25) is 0 Å². The molecule has 1 atom stereocenters. The van der Waals surface area contributed by atoms with Crippen LogP contribution in [0.5, 0.6) is 0 Å². The first-order valence-electron chi connectivity index (χ1n) is 9.39. The van der Waals surface area contributed by atoms with Gasteiger partial charge in [0.2, 0.25) is 0 Å². The zero-order chi connectivity index (χ0) is 18.6. The van der Waals surface area contributed by atoms with Crippen LogP contribution in [0.2, 0.25) is 0 Å². The van der Waals surface area contributed by atoms with E-state index in [0.29, 0.717) is 0 Å². The third-order valence-electron chi connectivity index (χ3n) is 6.01. The van der Waals surface area contributed by atoms with E-state index in [1.165, 1.54) is 44.5 Å². The number of benzene rings is 3. The Labute approximate surface area is 175 Å². The molecule has 144 valence electrons. The predicted octanol–water partition coefficient (Wildman–Crippen LogP) is 7.56. The van der Waals surface area contributed by atoms with Crippen molar-refractivity contribution in [3.05, 3.63) is 112 Å². The van der Waals surface area contributed by atoms with Gasteiger partial charge in [0.1, 0.15) is 0 Å². The molecule has 2 aliphatic rings. The molecule has 0 bridgehead atoms. The second-order valence-corrected chi connectivity index (χ2v) is 7.27. The van der Waals surface area contributed by atoms with Crippen LogP contribution >= 0.6 is 0 Å². The van der Waals surface area contributed by atoms with Gasteiger partial charge in [-0.05, 0) is 58.4 Å². The smallest absolute Gasteiger partial charge is 0.0807 e. The van der Waals surface area contributed by atoms with Gasteiger partial charge in [0.05, 0.1) is 5.41 Å². The summed E-state index contributed by atoms with van der Waals surface area (Å²) in [4.78, 5) is 0. The SMILES string of the molecule is C.C.C#CC1=C(/C=C\C)c2ccccc2C12c1ccccc1-c1cccc(C)c12. The lowest BCUT2D eigenvalue weighted by molar-refractivity contribution is 0.785. The van der Waals surface area contributed by atoms with Gasteiger partial charge in [-0.15, -0.1) is 6.42 Å². The molecule has 0 heterocycles. The van der Waals surface area contributed by atoms with Crippen LogP contribution in [0.25, 0.3) is 16.7 Å². The Bertz CT molecular complexity index is 1200. The standard InChI is InChI=1S/C27H20.2CH4/c1-4-11-19-20-13-6-8-16-24(20)27(23(19)5-2)25-17-9-7-14-21(25)22-15-10-12-18(3)26(22)27;;/h2,4,6-17H,1,3H3;2*1H4/b11-4-;;. The maximum Gasteiger partial charge on any atom is 0.0807 e. The fourth-order valence-corrected chi connectivity index (χ4v) is 5.15. The van der Waals surface area contributed by atoms with E-state index < -0.39 is 5.41 Å². The van der Waals surface area contributed by atoms with Crippen LogP contribution in [0.15, 0.2) is 84.5 Å². The van der Waals surface area contributed by atoms with Crippen molar-refractivity contribution in [3.8, 4) is 23.5 Å².